The molecule has 3 heteroatoms. The van der Waals surface area contributed by atoms with Crippen molar-refractivity contribution >= 4 is 5.91 Å². The molecular weight excluding hydrogens is 178 g/mol. The predicted octanol–water partition coefficient (Wildman–Crippen LogP) is 1.44. The Morgan fingerprint density at radius 3 is 2.14 bits per heavy atom. The molecule has 1 atom stereocenters. The van der Waals surface area contributed by atoms with Gasteiger partial charge in [-0.05, 0) is 24.6 Å². The van der Waals surface area contributed by atoms with E-state index in [1.54, 1.807) is 45.3 Å². The number of hydrogen-bond donors (Lipinski definition) is 1. The van der Waals surface area contributed by atoms with Crippen LogP contribution in [0.1, 0.15) is 28.9 Å². The number of carbonyl (C=O) groups is 1. The molecule has 0 bridgehead atoms. The first kappa shape index (κ1) is 10.7. The van der Waals surface area contributed by atoms with Crippen LogP contribution in [0.3, 0.4) is 0 Å². The van der Waals surface area contributed by atoms with Crippen LogP contribution in [0.15, 0.2) is 24.3 Å². The summed E-state index contributed by atoms with van der Waals surface area (Å²) in [5.74, 6) is -0.0258. The van der Waals surface area contributed by atoms with Gasteiger partial charge in [0.1, 0.15) is 0 Å². The first-order valence-corrected chi connectivity index (χ1v) is 4.52. The summed E-state index contributed by atoms with van der Waals surface area (Å²) in [7, 11) is 3.43. The van der Waals surface area contributed by atoms with Gasteiger partial charge >= 0.3 is 0 Å². The van der Waals surface area contributed by atoms with E-state index in [-0.39, 0.29) is 5.91 Å². The standard InChI is InChI=1S/C11H15NO2/c1-8(13)9-4-6-10(7-5-9)11(14)12(2)3/h4-8,13H,1-3H3. The van der Waals surface area contributed by atoms with E-state index in [9.17, 15) is 9.90 Å². The fraction of sp³-hybridized carbons (Fsp3) is 0.364. The Morgan fingerprint density at radius 1 is 1.29 bits per heavy atom. The minimum Gasteiger partial charge on any atom is -0.389 e. The van der Waals surface area contributed by atoms with Gasteiger partial charge in [-0.15, -0.1) is 0 Å². The summed E-state index contributed by atoms with van der Waals surface area (Å²) in [6.45, 7) is 1.70. The Balaban J connectivity index is 2.89. The van der Waals surface area contributed by atoms with E-state index in [0.29, 0.717) is 5.56 Å². The topological polar surface area (TPSA) is 40.5 Å². The largest absolute Gasteiger partial charge is 0.389 e. The van der Waals surface area contributed by atoms with Crippen LogP contribution >= 0.6 is 0 Å². The molecule has 1 unspecified atom stereocenters. The van der Waals surface area contributed by atoms with E-state index in [1.807, 2.05) is 0 Å². The molecule has 1 rings (SSSR count). The highest BCUT2D eigenvalue weighted by Crippen LogP contribution is 2.13. The maximum atomic E-state index is 11.5. The van der Waals surface area contributed by atoms with Gasteiger partial charge in [0.25, 0.3) is 5.91 Å². The van der Waals surface area contributed by atoms with E-state index < -0.39 is 6.10 Å². The van der Waals surface area contributed by atoms with Crippen molar-refractivity contribution in [2.75, 3.05) is 14.1 Å². The van der Waals surface area contributed by atoms with Gasteiger partial charge in [-0.1, -0.05) is 12.1 Å². The number of hydrogen-bond acceptors (Lipinski definition) is 2. The Hall–Kier alpha value is -1.35. The van der Waals surface area contributed by atoms with Crippen molar-refractivity contribution in [2.45, 2.75) is 13.0 Å². The highest BCUT2D eigenvalue weighted by Gasteiger charge is 2.08. The van der Waals surface area contributed by atoms with E-state index in [1.165, 1.54) is 4.90 Å². The maximum Gasteiger partial charge on any atom is 0.253 e. The third kappa shape index (κ3) is 2.33. The lowest BCUT2D eigenvalue weighted by atomic mass is 10.1. The molecule has 1 aromatic carbocycles. The molecular formula is C11H15NO2. The van der Waals surface area contributed by atoms with E-state index in [4.69, 9.17) is 0 Å². The smallest absolute Gasteiger partial charge is 0.253 e. The van der Waals surface area contributed by atoms with Crippen molar-refractivity contribution in [1.29, 1.82) is 0 Å². The van der Waals surface area contributed by atoms with Crippen LogP contribution in [0.25, 0.3) is 0 Å². The zero-order chi connectivity index (χ0) is 10.7. The molecule has 14 heavy (non-hydrogen) atoms. The van der Waals surface area contributed by atoms with Gasteiger partial charge in [0, 0.05) is 19.7 Å². The minimum absolute atomic E-state index is 0.0258. The van der Waals surface area contributed by atoms with Gasteiger partial charge in [-0.2, -0.15) is 0 Å². The van der Waals surface area contributed by atoms with Gasteiger partial charge in [-0.25, -0.2) is 0 Å². The molecule has 0 aliphatic carbocycles. The van der Waals surface area contributed by atoms with Crippen molar-refractivity contribution < 1.29 is 9.90 Å². The van der Waals surface area contributed by atoms with Crippen LogP contribution < -0.4 is 0 Å². The van der Waals surface area contributed by atoms with Gasteiger partial charge in [0.05, 0.1) is 6.10 Å². The second-order valence-corrected chi connectivity index (χ2v) is 3.50. The zero-order valence-corrected chi connectivity index (χ0v) is 8.69. The molecule has 0 saturated heterocycles. The average molecular weight is 193 g/mol. The molecule has 0 aliphatic heterocycles. The Kier molecular flexibility index (Phi) is 3.25. The molecule has 0 aromatic heterocycles. The zero-order valence-electron chi connectivity index (χ0n) is 8.69. The third-order valence-corrected chi connectivity index (χ3v) is 2.05. The summed E-state index contributed by atoms with van der Waals surface area (Å²) in [6.07, 6.45) is -0.487. The second kappa shape index (κ2) is 4.24. The average Bonchev–Trinajstić information content (AvgIpc) is 2.16. The molecule has 0 heterocycles. The summed E-state index contributed by atoms with van der Waals surface area (Å²) >= 11 is 0. The minimum atomic E-state index is -0.487. The lowest BCUT2D eigenvalue weighted by molar-refractivity contribution is 0.0827. The molecule has 76 valence electrons. The lowest BCUT2D eigenvalue weighted by Crippen LogP contribution is -2.21. The lowest BCUT2D eigenvalue weighted by Gasteiger charge is -2.11. The quantitative estimate of drug-likeness (QED) is 0.772. The highest BCUT2D eigenvalue weighted by atomic mass is 16.3. The van der Waals surface area contributed by atoms with Crippen LogP contribution in [0.4, 0.5) is 0 Å². The van der Waals surface area contributed by atoms with Gasteiger partial charge in [0.2, 0.25) is 0 Å². The molecule has 0 radical (unpaired) electrons. The molecule has 0 aliphatic rings. The number of aliphatic hydroxyl groups excluding tert-OH is 1. The fourth-order valence-electron chi connectivity index (χ4n) is 1.16. The molecule has 1 amide bonds. The Bertz CT molecular complexity index is 315. The SMILES string of the molecule is CC(O)c1ccc(C(=O)N(C)C)cc1. The molecule has 0 spiro atoms. The molecule has 1 N–H and O–H groups in total. The normalized spacial score (nSPS) is 12.3. The number of nitrogens with zero attached hydrogens (tertiary/aromatic N) is 1. The Morgan fingerprint density at radius 2 is 1.79 bits per heavy atom. The number of amides is 1. The molecule has 3 nitrogen and oxygen atoms in total. The summed E-state index contributed by atoms with van der Waals surface area (Å²) in [4.78, 5) is 13.0. The van der Waals surface area contributed by atoms with Crippen LogP contribution in [-0.2, 0) is 0 Å². The fourth-order valence-corrected chi connectivity index (χ4v) is 1.16. The number of carbonyl (C=O) groups excluding carboxylic acids is 1. The van der Waals surface area contributed by atoms with Gasteiger partial charge in [0.15, 0.2) is 0 Å². The number of aliphatic hydroxyl groups is 1. The number of benzene rings is 1. The van der Waals surface area contributed by atoms with Crippen LogP contribution in [0, 0.1) is 0 Å². The highest BCUT2D eigenvalue weighted by molar-refractivity contribution is 5.93. The summed E-state index contributed by atoms with van der Waals surface area (Å²) in [5.41, 5.74) is 1.46. The van der Waals surface area contributed by atoms with Gasteiger partial charge in [-0.3, -0.25) is 4.79 Å². The van der Waals surface area contributed by atoms with Crippen molar-refractivity contribution in [1.82, 2.24) is 4.90 Å². The van der Waals surface area contributed by atoms with E-state index in [2.05, 4.69) is 0 Å². The second-order valence-electron chi connectivity index (χ2n) is 3.50. The van der Waals surface area contributed by atoms with Crippen molar-refractivity contribution in [2.24, 2.45) is 0 Å². The summed E-state index contributed by atoms with van der Waals surface area (Å²) in [6, 6.07) is 6.98. The van der Waals surface area contributed by atoms with E-state index in [0.717, 1.165) is 5.56 Å². The monoisotopic (exact) mass is 193 g/mol. The predicted molar refractivity (Wildman–Crippen MR) is 55.1 cm³/mol. The first-order valence-electron chi connectivity index (χ1n) is 4.52. The van der Waals surface area contributed by atoms with Crippen LogP contribution in [0.5, 0.6) is 0 Å². The van der Waals surface area contributed by atoms with Gasteiger partial charge < -0.3 is 10.0 Å². The summed E-state index contributed by atoms with van der Waals surface area (Å²) in [5, 5.41) is 9.27. The molecule has 0 saturated carbocycles. The number of rotatable bonds is 2. The van der Waals surface area contributed by atoms with Crippen molar-refractivity contribution in [3.05, 3.63) is 35.4 Å². The Labute approximate surface area is 84.0 Å². The third-order valence-electron chi connectivity index (χ3n) is 2.05. The van der Waals surface area contributed by atoms with Crippen LogP contribution in [-0.4, -0.2) is 30.0 Å². The summed E-state index contributed by atoms with van der Waals surface area (Å²) < 4.78 is 0. The maximum absolute atomic E-state index is 11.5. The van der Waals surface area contributed by atoms with Crippen molar-refractivity contribution in [3.63, 3.8) is 0 Å². The molecule has 0 fully saturated rings. The molecule has 1 aromatic rings. The van der Waals surface area contributed by atoms with Crippen molar-refractivity contribution in [3.8, 4) is 0 Å². The first-order chi connectivity index (χ1) is 6.52. The van der Waals surface area contributed by atoms with Crippen LogP contribution in [0.2, 0.25) is 0 Å². The van der Waals surface area contributed by atoms with E-state index >= 15 is 0 Å².